The number of benzene rings is 1. The summed E-state index contributed by atoms with van der Waals surface area (Å²) in [5.74, 6) is 0. The summed E-state index contributed by atoms with van der Waals surface area (Å²) in [6, 6.07) is 10.0. The van der Waals surface area contributed by atoms with Crippen LogP contribution in [0.5, 0.6) is 0 Å². The number of aromatic nitrogens is 3. The Hall–Kier alpha value is -1.72. The molecule has 0 spiro atoms. The summed E-state index contributed by atoms with van der Waals surface area (Å²) in [4.78, 5) is 0. The van der Waals surface area contributed by atoms with E-state index in [9.17, 15) is 0 Å². The molecule has 1 aromatic carbocycles. The molecule has 5 nitrogen and oxygen atoms in total. The fourth-order valence-electron chi connectivity index (χ4n) is 1.59. The molecule has 96 valence electrons. The number of aryl methyl sites for hydroxylation is 1. The van der Waals surface area contributed by atoms with E-state index in [0.717, 1.165) is 11.3 Å². The van der Waals surface area contributed by atoms with Crippen molar-refractivity contribution in [3.8, 4) is 0 Å². The fraction of sp³-hybridized carbons (Fsp3) is 0.385. The van der Waals surface area contributed by atoms with Crippen molar-refractivity contribution in [2.75, 3.05) is 6.61 Å². The molecule has 0 atom stereocenters. The zero-order valence-corrected chi connectivity index (χ0v) is 10.2. The number of aliphatic hydroxyl groups is 1. The van der Waals surface area contributed by atoms with Gasteiger partial charge in [0.2, 0.25) is 0 Å². The maximum absolute atomic E-state index is 8.72. The largest absolute Gasteiger partial charge is 0.396 e. The Morgan fingerprint density at radius 2 is 2.00 bits per heavy atom. The molecule has 0 aliphatic rings. The molecule has 0 unspecified atom stereocenters. The third kappa shape index (κ3) is 3.94. The van der Waals surface area contributed by atoms with Crippen LogP contribution in [0.15, 0.2) is 36.5 Å². The van der Waals surface area contributed by atoms with Gasteiger partial charge in [-0.05, 0) is 12.0 Å². The van der Waals surface area contributed by atoms with Gasteiger partial charge in [0.25, 0.3) is 0 Å². The zero-order chi connectivity index (χ0) is 12.6. The predicted molar refractivity (Wildman–Crippen MR) is 66.7 cm³/mol. The first-order chi connectivity index (χ1) is 8.88. The van der Waals surface area contributed by atoms with Gasteiger partial charge in [-0.2, -0.15) is 0 Å². The molecule has 0 fully saturated rings. The van der Waals surface area contributed by atoms with Crippen molar-refractivity contribution in [2.45, 2.75) is 26.2 Å². The number of ether oxygens (including phenoxy) is 1. The molecule has 1 aromatic heterocycles. The second-order valence-corrected chi connectivity index (χ2v) is 4.03. The smallest absolute Gasteiger partial charge is 0.108 e. The van der Waals surface area contributed by atoms with Crippen molar-refractivity contribution in [3.05, 3.63) is 47.8 Å². The Balaban J connectivity index is 1.75. The Morgan fingerprint density at radius 1 is 1.17 bits per heavy atom. The Kier molecular flexibility index (Phi) is 4.87. The van der Waals surface area contributed by atoms with Gasteiger partial charge in [0.05, 0.1) is 19.4 Å². The van der Waals surface area contributed by atoms with Crippen molar-refractivity contribution in [2.24, 2.45) is 0 Å². The second kappa shape index (κ2) is 6.88. The maximum Gasteiger partial charge on any atom is 0.108 e. The summed E-state index contributed by atoms with van der Waals surface area (Å²) in [5.41, 5.74) is 1.95. The van der Waals surface area contributed by atoms with Crippen molar-refractivity contribution in [1.29, 1.82) is 0 Å². The Bertz CT molecular complexity index is 456. The highest BCUT2D eigenvalue weighted by atomic mass is 16.5. The van der Waals surface area contributed by atoms with Crippen LogP contribution >= 0.6 is 0 Å². The Morgan fingerprint density at radius 3 is 2.78 bits per heavy atom. The van der Waals surface area contributed by atoms with Crippen LogP contribution in [-0.4, -0.2) is 26.7 Å². The topological polar surface area (TPSA) is 60.2 Å². The molecule has 2 rings (SSSR count). The second-order valence-electron chi connectivity index (χ2n) is 4.03. The van der Waals surface area contributed by atoms with Gasteiger partial charge in [-0.15, -0.1) is 5.10 Å². The van der Waals surface area contributed by atoms with Crippen LogP contribution in [0.25, 0.3) is 0 Å². The lowest BCUT2D eigenvalue weighted by Gasteiger charge is -2.01. The lowest BCUT2D eigenvalue weighted by molar-refractivity contribution is 0.104. The van der Waals surface area contributed by atoms with Crippen LogP contribution in [0.3, 0.4) is 0 Å². The first-order valence-electron chi connectivity index (χ1n) is 6.00. The normalized spacial score (nSPS) is 10.7. The molecule has 18 heavy (non-hydrogen) atoms. The van der Waals surface area contributed by atoms with Gasteiger partial charge in [-0.1, -0.05) is 35.5 Å². The lowest BCUT2D eigenvalue weighted by atomic mass is 10.2. The SMILES string of the molecule is OCCCn1cc(COCc2ccccc2)nn1. The van der Waals surface area contributed by atoms with Crippen LogP contribution < -0.4 is 0 Å². The summed E-state index contributed by atoms with van der Waals surface area (Å²) < 4.78 is 7.28. The number of hydrogen-bond donors (Lipinski definition) is 1. The minimum atomic E-state index is 0.166. The quantitative estimate of drug-likeness (QED) is 0.803. The van der Waals surface area contributed by atoms with E-state index in [4.69, 9.17) is 9.84 Å². The summed E-state index contributed by atoms with van der Waals surface area (Å²) in [7, 11) is 0. The molecular formula is C13H17N3O2. The van der Waals surface area contributed by atoms with Gasteiger partial charge in [0.1, 0.15) is 5.69 Å². The van der Waals surface area contributed by atoms with E-state index < -0.39 is 0 Å². The molecule has 2 aromatic rings. The summed E-state index contributed by atoms with van der Waals surface area (Å²) in [5, 5.41) is 16.7. The summed E-state index contributed by atoms with van der Waals surface area (Å²) in [6.07, 6.45) is 2.54. The molecule has 0 saturated heterocycles. The van der Waals surface area contributed by atoms with E-state index >= 15 is 0 Å². The molecule has 5 heteroatoms. The molecule has 1 heterocycles. The average Bonchev–Trinajstić information content (AvgIpc) is 2.85. The van der Waals surface area contributed by atoms with Crippen LogP contribution in [0.4, 0.5) is 0 Å². The van der Waals surface area contributed by atoms with Crippen LogP contribution in [0.2, 0.25) is 0 Å². The molecule has 0 aliphatic heterocycles. The van der Waals surface area contributed by atoms with E-state index in [1.54, 1.807) is 4.68 Å². The van der Waals surface area contributed by atoms with E-state index in [1.165, 1.54) is 0 Å². The molecule has 0 radical (unpaired) electrons. The monoisotopic (exact) mass is 247 g/mol. The lowest BCUT2D eigenvalue weighted by Crippen LogP contribution is -2.00. The van der Waals surface area contributed by atoms with E-state index in [2.05, 4.69) is 10.3 Å². The van der Waals surface area contributed by atoms with E-state index in [0.29, 0.717) is 26.2 Å². The van der Waals surface area contributed by atoms with Crippen LogP contribution in [0.1, 0.15) is 17.7 Å². The highest BCUT2D eigenvalue weighted by molar-refractivity contribution is 5.13. The molecule has 0 saturated carbocycles. The predicted octanol–water partition coefficient (Wildman–Crippen LogP) is 1.38. The minimum absolute atomic E-state index is 0.166. The van der Waals surface area contributed by atoms with Crippen molar-refractivity contribution in [1.82, 2.24) is 15.0 Å². The van der Waals surface area contributed by atoms with E-state index in [1.807, 2.05) is 36.5 Å². The molecule has 0 aliphatic carbocycles. The van der Waals surface area contributed by atoms with Crippen molar-refractivity contribution >= 4 is 0 Å². The van der Waals surface area contributed by atoms with Crippen LogP contribution in [-0.2, 0) is 24.5 Å². The van der Waals surface area contributed by atoms with Gasteiger partial charge in [-0.25, -0.2) is 0 Å². The van der Waals surface area contributed by atoms with Crippen molar-refractivity contribution < 1.29 is 9.84 Å². The third-order valence-electron chi connectivity index (χ3n) is 2.49. The van der Waals surface area contributed by atoms with Gasteiger partial charge in [0, 0.05) is 13.2 Å². The summed E-state index contributed by atoms with van der Waals surface area (Å²) >= 11 is 0. The van der Waals surface area contributed by atoms with Gasteiger partial charge >= 0.3 is 0 Å². The molecule has 0 amide bonds. The highest BCUT2D eigenvalue weighted by Gasteiger charge is 2.01. The van der Waals surface area contributed by atoms with Gasteiger partial charge < -0.3 is 9.84 Å². The zero-order valence-electron chi connectivity index (χ0n) is 10.2. The van der Waals surface area contributed by atoms with Gasteiger partial charge in [0.15, 0.2) is 0 Å². The van der Waals surface area contributed by atoms with Crippen LogP contribution in [0, 0.1) is 0 Å². The van der Waals surface area contributed by atoms with Gasteiger partial charge in [-0.3, -0.25) is 4.68 Å². The first kappa shape index (κ1) is 12.7. The van der Waals surface area contributed by atoms with Crippen molar-refractivity contribution in [3.63, 3.8) is 0 Å². The van der Waals surface area contributed by atoms with E-state index in [-0.39, 0.29) is 6.61 Å². The number of aliphatic hydroxyl groups excluding tert-OH is 1. The fourth-order valence-corrected chi connectivity index (χ4v) is 1.59. The highest BCUT2D eigenvalue weighted by Crippen LogP contribution is 2.03. The average molecular weight is 247 g/mol. The molecule has 0 bridgehead atoms. The molecular weight excluding hydrogens is 230 g/mol. The number of hydrogen-bond acceptors (Lipinski definition) is 4. The molecule has 1 N–H and O–H groups in total. The number of rotatable bonds is 7. The standard InChI is InChI=1S/C13H17N3O2/c17-8-4-7-16-9-13(14-15-16)11-18-10-12-5-2-1-3-6-12/h1-3,5-6,9,17H,4,7-8,10-11H2. The maximum atomic E-state index is 8.72. The first-order valence-corrected chi connectivity index (χ1v) is 6.00. The Labute approximate surface area is 106 Å². The third-order valence-corrected chi connectivity index (χ3v) is 2.49. The number of nitrogens with zero attached hydrogens (tertiary/aromatic N) is 3. The summed E-state index contributed by atoms with van der Waals surface area (Å²) in [6.45, 7) is 1.88. The minimum Gasteiger partial charge on any atom is -0.396 e.